The summed E-state index contributed by atoms with van der Waals surface area (Å²) in [6, 6.07) is 10.8. The fourth-order valence-corrected chi connectivity index (χ4v) is 4.27. The number of hydrogen-bond acceptors (Lipinski definition) is 6. The number of fused-ring (bicyclic) bond motifs is 2. The number of benzene rings is 2. The van der Waals surface area contributed by atoms with Gasteiger partial charge in [-0.3, -0.25) is 4.79 Å². The Morgan fingerprint density at radius 3 is 2.66 bits per heavy atom. The highest BCUT2D eigenvalue weighted by molar-refractivity contribution is 7.22. The molecule has 0 aliphatic carbocycles. The molecule has 5 rings (SSSR count). The van der Waals surface area contributed by atoms with Crippen LogP contribution in [0.4, 0.5) is 11.1 Å². The molecule has 2 aromatic carbocycles. The first-order valence-electron chi connectivity index (χ1n) is 9.31. The van der Waals surface area contributed by atoms with Gasteiger partial charge in [-0.15, -0.1) is 0 Å². The lowest BCUT2D eigenvalue weighted by atomic mass is 10.2. The number of amides is 1. The average molecular weight is 429 g/mol. The minimum atomic E-state index is -0.472. The lowest BCUT2D eigenvalue weighted by Gasteiger charge is -2.02. The first kappa shape index (κ1) is 19.6. The number of nitrogens with zero attached hydrogens (tertiary/aromatic N) is 3. The van der Waals surface area contributed by atoms with Crippen molar-refractivity contribution in [1.29, 1.82) is 0 Å². The molecule has 4 N–H and O–H groups in total. The second-order valence-electron chi connectivity index (χ2n) is 6.78. The zero-order chi connectivity index (χ0) is 20.4. The van der Waals surface area contributed by atoms with Crippen LogP contribution in [0.1, 0.15) is 23.2 Å². The van der Waals surface area contributed by atoms with Crippen LogP contribution in [-0.4, -0.2) is 33.5 Å². The summed E-state index contributed by atoms with van der Waals surface area (Å²) in [6.45, 7) is 2.50. The predicted octanol–water partition coefficient (Wildman–Crippen LogP) is 4.05. The van der Waals surface area contributed by atoms with E-state index in [0.717, 1.165) is 20.9 Å². The van der Waals surface area contributed by atoms with Crippen molar-refractivity contribution in [1.82, 2.24) is 19.9 Å². The van der Waals surface area contributed by atoms with E-state index in [1.54, 1.807) is 12.1 Å². The number of halogens is 1. The minimum absolute atomic E-state index is 0.432. The molecule has 1 amide bonds. The van der Waals surface area contributed by atoms with Gasteiger partial charge >= 0.3 is 0 Å². The summed E-state index contributed by atoms with van der Waals surface area (Å²) in [7, 11) is 1.89. The molecule has 150 valence electrons. The number of carbonyl (C=O) groups excluding carboxylic acids is 1. The number of aryl methyl sites for hydroxylation is 1. The van der Waals surface area contributed by atoms with Crippen molar-refractivity contribution >= 4 is 61.2 Å². The molecule has 1 fully saturated rings. The van der Waals surface area contributed by atoms with Gasteiger partial charge in [0.15, 0.2) is 5.13 Å². The van der Waals surface area contributed by atoms with Crippen LogP contribution in [-0.2, 0) is 7.05 Å². The van der Waals surface area contributed by atoms with Crippen molar-refractivity contribution in [2.24, 2.45) is 12.8 Å². The van der Waals surface area contributed by atoms with E-state index in [9.17, 15) is 4.79 Å². The normalized spacial score (nSPS) is 13.4. The molecular weight excluding hydrogens is 408 g/mol. The van der Waals surface area contributed by atoms with E-state index in [0.29, 0.717) is 22.1 Å². The van der Waals surface area contributed by atoms with E-state index in [4.69, 9.17) is 17.3 Å². The molecule has 0 bridgehead atoms. The summed E-state index contributed by atoms with van der Waals surface area (Å²) in [5, 5.41) is 7.84. The van der Waals surface area contributed by atoms with E-state index >= 15 is 0 Å². The number of rotatable bonds is 3. The molecule has 2 aromatic heterocycles. The standard InChI is InChI=1S/C16H12ClN5OS.C4H9N/c1-22-12-5-2-8(14(18)23)6-11(12)19-15(22)21-16-20-10-4-3-9(17)7-13(10)24-16;1-2-4-5-3-1/h2-7H,1H3,(H2,18,23)(H,19,20,21);5H,1-4H2. The highest BCUT2D eigenvalue weighted by Crippen LogP contribution is 2.30. The monoisotopic (exact) mass is 428 g/mol. The lowest BCUT2D eigenvalue weighted by Crippen LogP contribution is -2.10. The van der Waals surface area contributed by atoms with Crippen molar-refractivity contribution in [3.63, 3.8) is 0 Å². The number of nitrogens with one attached hydrogen (secondary N) is 2. The number of hydrogen-bond donors (Lipinski definition) is 3. The Morgan fingerprint density at radius 2 is 1.97 bits per heavy atom. The number of anilines is 2. The summed E-state index contributed by atoms with van der Waals surface area (Å²) < 4.78 is 2.90. The van der Waals surface area contributed by atoms with E-state index in [1.165, 1.54) is 37.3 Å². The first-order valence-corrected chi connectivity index (χ1v) is 10.5. The zero-order valence-corrected chi connectivity index (χ0v) is 17.5. The highest BCUT2D eigenvalue weighted by Gasteiger charge is 2.12. The Kier molecular flexibility index (Phi) is 5.66. The third-order valence-corrected chi connectivity index (χ3v) is 5.86. The van der Waals surface area contributed by atoms with Crippen molar-refractivity contribution in [2.45, 2.75) is 12.8 Å². The summed E-state index contributed by atoms with van der Waals surface area (Å²) in [5.41, 5.74) is 8.22. The van der Waals surface area contributed by atoms with Gasteiger partial charge in [0.25, 0.3) is 0 Å². The molecule has 1 aliphatic heterocycles. The molecule has 3 heterocycles. The fourth-order valence-electron chi connectivity index (χ4n) is 3.14. The average Bonchev–Trinajstić information content (AvgIpc) is 3.44. The van der Waals surface area contributed by atoms with Gasteiger partial charge in [-0.25, -0.2) is 9.97 Å². The van der Waals surface area contributed by atoms with Crippen LogP contribution < -0.4 is 16.4 Å². The van der Waals surface area contributed by atoms with Crippen LogP contribution in [0.5, 0.6) is 0 Å². The van der Waals surface area contributed by atoms with Gasteiger partial charge in [0.1, 0.15) is 0 Å². The molecule has 0 radical (unpaired) electrons. The van der Waals surface area contributed by atoms with Gasteiger partial charge in [-0.1, -0.05) is 22.9 Å². The van der Waals surface area contributed by atoms with Gasteiger partial charge in [0, 0.05) is 17.6 Å². The van der Waals surface area contributed by atoms with Gasteiger partial charge in [-0.05, 0) is 62.3 Å². The Hall–Kier alpha value is -2.68. The number of aromatic nitrogens is 3. The molecular formula is C20H21ClN6OS. The minimum Gasteiger partial charge on any atom is -0.366 e. The van der Waals surface area contributed by atoms with Gasteiger partial charge < -0.3 is 20.9 Å². The van der Waals surface area contributed by atoms with E-state index in [-0.39, 0.29) is 0 Å². The first-order chi connectivity index (χ1) is 14.0. The Bertz CT molecular complexity index is 1170. The van der Waals surface area contributed by atoms with Crippen LogP contribution in [0.2, 0.25) is 5.02 Å². The van der Waals surface area contributed by atoms with Crippen LogP contribution in [0, 0.1) is 0 Å². The maximum atomic E-state index is 11.3. The van der Waals surface area contributed by atoms with Crippen molar-refractivity contribution in [3.8, 4) is 0 Å². The Labute approximate surface area is 176 Å². The number of carbonyl (C=O) groups is 1. The summed E-state index contributed by atoms with van der Waals surface area (Å²) in [5.74, 6) is 0.164. The smallest absolute Gasteiger partial charge is 0.248 e. The van der Waals surface area contributed by atoms with Gasteiger partial charge in [-0.2, -0.15) is 0 Å². The fraction of sp³-hybridized carbons (Fsp3) is 0.250. The topological polar surface area (TPSA) is 97.9 Å². The molecule has 1 saturated heterocycles. The maximum absolute atomic E-state index is 11.3. The molecule has 4 aromatic rings. The molecule has 9 heteroatoms. The zero-order valence-electron chi connectivity index (χ0n) is 15.9. The van der Waals surface area contributed by atoms with E-state index in [2.05, 4.69) is 20.6 Å². The molecule has 7 nitrogen and oxygen atoms in total. The van der Waals surface area contributed by atoms with Crippen molar-refractivity contribution < 1.29 is 4.79 Å². The number of thiazole rings is 1. The molecule has 0 atom stereocenters. The SMILES string of the molecule is C1CCNC1.Cn1c(Nc2nc3ccc(Cl)cc3s2)nc2cc(C(N)=O)ccc21. The highest BCUT2D eigenvalue weighted by atomic mass is 35.5. The van der Waals surface area contributed by atoms with Crippen molar-refractivity contribution in [2.75, 3.05) is 18.4 Å². The second-order valence-corrected chi connectivity index (χ2v) is 8.24. The maximum Gasteiger partial charge on any atom is 0.248 e. The van der Waals surface area contributed by atoms with Gasteiger partial charge in [0.2, 0.25) is 11.9 Å². The van der Waals surface area contributed by atoms with Crippen LogP contribution in [0.15, 0.2) is 36.4 Å². The molecule has 0 unspecified atom stereocenters. The summed E-state index contributed by atoms with van der Waals surface area (Å²) >= 11 is 7.51. The van der Waals surface area contributed by atoms with Gasteiger partial charge in [0.05, 0.1) is 21.3 Å². The molecule has 1 aliphatic rings. The number of nitrogens with two attached hydrogens (primary N) is 1. The molecule has 29 heavy (non-hydrogen) atoms. The Morgan fingerprint density at radius 1 is 1.17 bits per heavy atom. The van der Waals surface area contributed by atoms with Crippen molar-refractivity contribution in [3.05, 3.63) is 47.0 Å². The van der Waals surface area contributed by atoms with Crippen LogP contribution in [0.25, 0.3) is 21.3 Å². The third kappa shape index (κ3) is 4.34. The number of imidazole rings is 1. The second kappa shape index (κ2) is 8.36. The van der Waals surface area contributed by atoms with E-state index < -0.39 is 5.91 Å². The molecule has 0 saturated carbocycles. The third-order valence-electron chi connectivity index (χ3n) is 4.69. The van der Waals surface area contributed by atoms with Crippen LogP contribution in [0.3, 0.4) is 0 Å². The quantitative estimate of drug-likeness (QED) is 0.457. The Balaban J connectivity index is 0.000000359. The predicted molar refractivity (Wildman–Crippen MR) is 119 cm³/mol. The number of primary amides is 1. The summed E-state index contributed by atoms with van der Waals surface area (Å²) in [4.78, 5) is 20.4. The van der Waals surface area contributed by atoms with Crippen LogP contribution >= 0.6 is 22.9 Å². The van der Waals surface area contributed by atoms with E-state index in [1.807, 2.05) is 35.9 Å². The molecule has 0 spiro atoms. The summed E-state index contributed by atoms with van der Waals surface area (Å²) in [6.07, 6.45) is 2.78. The lowest BCUT2D eigenvalue weighted by molar-refractivity contribution is 0.100. The largest absolute Gasteiger partial charge is 0.366 e.